The van der Waals surface area contributed by atoms with Gasteiger partial charge < -0.3 is 15.4 Å². The molecule has 3 heterocycles. The SMILES string of the molecule is COc1ccc(-c2nc3c(C(=O)N4CCN(C(CN)c5ccccc5)C[C@H]4C)cnn3c(C(F)(F)F)c2C)cc1. The summed E-state index contributed by atoms with van der Waals surface area (Å²) in [5.74, 6) is 0.160. The number of benzene rings is 2. The standard InChI is InChI=1S/C29H31F3N6O2/c1-18-17-36(24(15-33)20-7-5-4-6-8-20)13-14-37(18)28(39)23-16-34-38-26(29(30,31)32)19(2)25(35-27(23)38)21-9-11-22(40-3)12-10-21/h4-12,16,18,24H,13-15,17,33H2,1-3H3/t18-,24?/m1/s1. The van der Waals surface area contributed by atoms with Crippen LogP contribution in [0, 0.1) is 6.92 Å². The number of hydrogen-bond donors (Lipinski definition) is 1. The van der Waals surface area contributed by atoms with Crippen molar-refractivity contribution in [2.24, 2.45) is 5.73 Å². The van der Waals surface area contributed by atoms with Crippen molar-refractivity contribution in [3.8, 4) is 17.0 Å². The summed E-state index contributed by atoms with van der Waals surface area (Å²) >= 11 is 0. The number of hydrogen-bond acceptors (Lipinski definition) is 6. The topological polar surface area (TPSA) is 89.0 Å². The number of piperazine rings is 1. The van der Waals surface area contributed by atoms with E-state index in [0.717, 1.165) is 10.1 Å². The fourth-order valence-electron chi connectivity index (χ4n) is 5.48. The molecule has 0 saturated carbocycles. The minimum Gasteiger partial charge on any atom is -0.497 e. The van der Waals surface area contributed by atoms with Crippen molar-refractivity contribution < 1.29 is 22.7 Å². The molecule has 0 aliphatic carbocycles. The Morgan fingerprint density at radius 3 is 2.42 bits per heavy atom. The van der Waals surface area contributed by atoms with Gasteiger partial charge in [-0.1, -0.05) is 30.3 Å². The van der Waals surface area contributed by atoms with Crippen LogP contribution < -0.4 is 10.5 Å². The third-order valence-electron chi connectivity index (χ3n) is 7.51. The zero-order chi connectivity index (χ0) is 28.6. The summed E-state index contributed by atoms with van der Waals surface area (Å²) in [6, 6.07) is 16.3. The third kappa shape index (κ3) is 5.02. The maximum atomic E-state index is 14.3. The van der Waals surface area contributed by atoms with Gasteiger partial charge in [-0.3, -0.25) is 9.69 Å². The highest BCUT2D eigenvalue weighted by molar-refractivity contribution is 6.00. The fourth-order valence-corrected chi connectivity index (χ4v) is 5.48. The maximum absolute atomic E-state index is 14.3. The van der Waals surface area contributed by atoms with E-state index in [1.807, 2.05) is 37.3 Å². The van der Waals surface area contributed by atoms with E-state index >= 15 is 0 Å². The van der Waals surface area contributed by atoms with E-state index in [1.54, 1.807) is 29.2 Å². The highest BCUT2D eigenvalue weighted by Crippen LogP contribution is 2.37. The number of ether oxygens (including phenoxy) is 1. The van der Waals surface area contributed by atoms with Crippen LogP contribution in [-0.4, -0.2) is 69.6 Å². The zero-order valence-corrected chi connectivity index (χ0v) is 22.5. The number of carbonyl (C=O) groups is 1. The average Bonchev–Trinajstić information content (AvgIpc) is 3.36. The van der Waals surface area contributed by atoms with Crippen molar-refractivity contribution in [2.75, 3.05) is 33.3 Å². The van der Waals surface area contributed by atoms with Gasteiger partial charge in [-0.05, 0) is 43.7 Å². The van der Waals surface area contributed by atoms with Gasteiger partial charge in [0.25, 0.3) is 5.91 Å². The lowest BCUT2D eigenvalue weighted by molar-refractivity contribution is -0.143. The van der Waals surface area contributed by atoms with E-state index < -0.39 is 17.8 Å². The molecule has 1 aliphatic heterocycles. The van der Waals surface area contributed by atoms with E-state index in [1.165, 1.54) is 20.2 Å². The molecular weight excluding hydrogens is 521 g/mol. The van der Waals surface area contributed by atoms with Gasteiger partial charge >= 0.3 is 6.18 Å². The summed E-state index contributed by atoms with van der Waals surface area (Å²) in [6.07, 6.45) is -3.53. The first-order valence-electron chi connectivity index (χ1n) is 13.0. The molecule has 2 N–H and O–H groups in total. The number of aromatic nitrogens is 3. The molecule has 11 heteroatoms. The van der Waals surface area contributed by atoms with E-state index in [4.69, 9.17) is 10.5 Å². The molecule has 2 atom stereocenters. The summed E-state index contributed by atoms with van der Waals surface area (Å²) in [6.45, 7) is 5.25. The first-order valence-corrected chi connectivity index (χ1v) is 13.0. The monoisotopic (exact) mass is 552 g/mol. The van der Waals surface area contributed by atoms with Crippen molar-refractivity contribution in [1.82, 2.24) is 24.4 Å². The molecule has 0 spiro atoms. The number of carbonyl (C=O) groups excluding carboxylic acids is 1. The van der Waals surface area contributed by atoms with Crippen LogP contribution in [0.25, 0.3) is 16.9 Å². The van der Waals surface area contributed by atoms with Crippen molar-refractivity contribution in [3.05, 3.63) is 83.2 Å². The molecule has 1 fully saturated rings. The smallest absolute Gasteiger partial charge is 0.433 e. The molecule has 1 aliphatic rings. The zero-order valence-electron chi connectivity index (χ0n) is 22.5. The molecule has 0 radical (unpaired) electrons. The minimum atomic E-state index is -4.72. The molecule has 1 amide bonds. The predicted octanol–water partition coefficient (Wildman–Crippen LogP) is 4.58. The number of fused-ring (bicyclic) bond motifs is 1. The van der Waals surface area contributed by atoms with Crippen molar-refractivity contribution >= 4 is 11.6 Å². The van der Waals surface area contributed by atoms with Gasteiger partial charge in [-0.15, -0.1) is 0 Å². The van der Waals surface area contributed by atoms with Crippen LogP contribution in [-0.2, 0) is 6.18 Å². The van der Waals surface area contributed by atoms with E-state index in [0.29, 0.717) is 37.5 Å². The fraction of sp³-hybridized carbons (Fsp3) is 0.345. The van der Waals surface area contributed by atoms with Crippen LogP contribution in [0.4, 0.5) is 13.2 Å². The van der Waals surface area contributed by atoms with Crippen LogP contribution in [0.2, 0.25) is 0 Å². The van der Waals surface area contributed by atoms with Gasteiger partial charge in [0, 0.05) is 49.4 Å². The number of nitrogens with zero attached hydrogens (tertiary/aromatic N) is 5. The number of nitrogens with two attached hydrogens (primary N) is 1. The lowest BCUT2D eigenvalue weighted by atomic mass is 10.0. The lowest BCUT2D eigenvalue weighted by Gasteiger charge is -2.43. The molecule has 2 aromatic heterocycles. The Morgan fingerprint density at radius 2 is 1.82 bits per heavy atom. The lowest BCUT2D eigenvalue weighted by Crippen LogP contribution is -2.55. The Hall–Kier alpha value is -3.96. The molecular formula is C29H31F3N6O2. The van der Waals surface area contributed by atoms with Crippen LogP contribution >= 0.6 is 0 Å². The Labute approximate surface area is 230 Å². The number of rotatable bonds is 6. The maximum Gasteiger partial charge on any atom is 0.433 e. The number of methoxy groups -OCH3 is 1. The minimum absolute atomic E-state index is 0.00363. The van der Waals surface area contributed by atoms with Gasteiger partial charge in [0.1, 0.15) is 11.3 Å². The number of halogens is 3. The van der Waals surface area contributed by atoms with Crippen molar-refractivity contribution in [1.29, 1.82) is 0 Å². The van der Waals surface area contributed by atoms with Crippen LogP contribution in [0.1, 0.15) is 40.1 Å². The molecule has 1 unspecified atom stereocenters. The number of alkyl halides is 3. The van der Waals surface area contributed by atoms with Gasteiger partial charge in [-0.2, -0.15) is 18.3 Å². The summed E-state index contributed by atoms with van der Waals surface area (Å²) in [7, 11) is 1.51. The van der Waals surface area contributed by atoms with Crippen molar-refractivity contribution in [2.45, 2.75) is 32.1 Å². The quantitative estimate of drug-likeness (QED) is 0.377. The highest BCUT2D eigenvalue weighted by Gasteiger charge is 2.39. The Bertz CT molecular complexity index is 1500. The predicted molar refractivity (Wildman–Crippen MR) is 145 cm³/mol. The summed E-state index contributed by atoms with van der Waals surface area (Å²) in [4.78, 5) is 22.2. The van der Waals surface area contributed by atoms with E-state index in [9.17, 15) is 18.0 Å². The summed E-state index contributed by atoms with van der Waals surface area (Å²) in [5.41, 5.74) is 6.67. The van der Waals surface area contributed by atoms with Gasteiger partial charge in [0.05, 0.1) is 19.0 Å². The third-order valence-corrected chi connectivity index (χ3v) is 7.51. The Kier molecular flexibility index (Phi) is 7.52. The van der Waals surface area contributed by atoms with Crippen LogP contribution in [0.15, 0.2) is 60.8 Å². The average molecular weight is 553 g/mol. The summed E-state index contributed by atoms with van der Waals surface area (Å²) < 4.78 is 48.8. The number of amides is 1. The Morgan fingerprint density at radius 1 is 1.12 bits per heavy atom. The van der Waals surface area contributed by atoms with Gasteiger partial charge in [-0.25, -0.2) is 9.50 Å². The van der Waals surface area contributed by atoms with E-state index in [2.05, 4.69) is 15.0 Å². The largest absolute Gasteiger partial charge is 0.497 e. The van der Waals surface area contributed by atoms with Crippen LogP contribution in [0.5, 0.6) is 5.75 Å². The van der Waals surface area contributed by atoms with Crippen LogP contribution in [0.3, 0.4) is 0 Å². The molecule has 2 aromatic carbocycles. The molecule has 0 bridgehead atoms. The molecule has 4 aromatic rings. The highest BCUT2D eigenvalue weighted by atomic mass is 19.4. The molecule has 8 nitrogen and oxygen atoms in total. The first-order chi connectivity index (χ1) is 19.1. The first kappa shape index (κ1) is 27.6. The summed E-state index contributed by atoms with van der Waals surface area (Å²) in [5, 5.41) is 3.98. The second-order valence-electron chi connectivity index (χ2n) is 9.96. The normalized spacial score (nSPS) is 17.3. The molecule has 1 saturated heterocycles. The Balaban J connectivity index is 1.49. The second kappa shape index (κ2) is 10.9. The van der Waals surface area contributed by atoms with E-state index in [-0.39, 0.29) is 34.6 Å². The molecule has 210 valence electrons. The second-order valence-corrected chi connectivity index (χ2v) is 9.96. The molecule has 40 heavy (non-hydrogen) atoms. The van der Waals surface area contributed by atoms with Crippen molar-refractivity contribution in [3.63, 3.8) is 0 Å². The van der Waals surface area contributed by atoms with Gasteiger partial charge in [0.15, 0.2) is 11.3 Å². The van der Waals surface area contributed by atoms with Gasteiger partial charge in [0.2, 0.25) is 0 Å². The molecule has 5 rings (SSSR count).